The van der Waals surface area contributed by atoms with E-state index in [0.717, 1.165) is 12.8 Å². The number of carbonyl (C=O) groups excluding carboxylic acids is 1. The molecule has 0 spiro atoms. The predicted octanol–water partition coefficient (Wildman–Crippen LogP) is 2.05. The van der Waals surface area contributed by atoms with Crippen LogP contribution in [0.3, 0.4) is 0 Å². The van der Waals surface area contributed by atoms with Crippen molar-refractivity contribution in [2.45, 2.75) is 19.8 Å². The van der Waals surface area contributed by atoms with E-state index in [4.69, 9.17) is 5.26 Å². The van der Waals surface area contributed by atoms with Gasteiger partial charge in [0.25, 0.3) is 0 Å². The SMILES string of the molecule is CCCCS(=O)CC(=O)Nc1cccc(C#N)c1. The van der Waals surface area contributed by atoms with Crippen LogP contribution < -0.4 is 5.32 Å². The molecule has 1 amide bonds. The van der Waals surface area contributed by atoms with Crippen molar-refractivity contribution in [3.05, 3.63) is 29.8 Å². The zero-order chi connectivity index (χ0) is 13.4. The predicted molar refractivity (Wildman–Crippen MR) is 72.6 cm³/mol. The Morgan fingerprint density at radius 2 is 2.28 bits per heavy atom. The van der Waals surface area contributed by atoms with Gasteiger partial charge in [0.15, 0.2) is 0 Å². The van der Waals surface area contributed by atoms with Crippen LogP contribution in [-0.2, 0) is 15.6 Å². The number of anilines is 1. The molecule has 18 heavy (non-hydrogen) atoms. The Kier molecular flexibility index (Phi) is 6.09. The molecule has 1 rings (SSSR count). The summed E-state index contributed by atoms with van der Waals surface area (Å²) in [6.07, 6.45) is 1.83. The number of nitrogens with one attached hydrogen (secondary N) is 1. The van der Waals surface area contributed by atoms with Gasteiger partial charge in [0.1, 0.15) is 5.75 Å². The quantitative estimate of drug-likeness (QED) is 0.854. The highest BCUT2D eigenvalue weighted by molar-refractivity contribution is 7.85. The zero-order valence-electron chi connectivity index (χ0n) is 10.3. The molecule has 0 radical (unpaired) electrons. The zero-order valence-corrected chi connectivity index (χ0v) is 11.1. The Hall–Kier alpha value is -1.67. The van der Waals surface area contributed by atoms with E-state index in [0.29, 0.717) is 17.0 Å². The minimum atomic E-state index is -1.11. The molecule has 0 fully saturated rings. The van der Waals surface area contributed by atoms with Crippen molar-refractivity contribution in [3.63, 3.8) is 0 Å². The van der Waals surface area contributed by atoms with Crippen LogP contribution in [-0.4, -0.2) is 21.6 Å². The molecule has 5 heteroatoms. The van der Waals surface area contributed by atoms with E-state index in [-0.39, 0.29) is 11.7 Å². The van der Waals surface area contributed by atoms with E-state index in [2.05, 4.69) is 5.32 Å². The number of nitrogens with zero attached hydrogens (tertiary/aromatic N) is 1. The molecular formula is C13H16N2O2S. The van der Waals surface area contributed by atoms with Gasteiger partial charge in [0, 0.05) is 22.2 Å². The number of benzene rings is 1. The summed E-state index contributed by atoms with van der Waals surface area (Å²) in [6, 6.07) is 8.65. The fourth-order valence-electron chi connectivity index (χ4n) is 1.39. The first-order valence-corrected chi connectivity index (χ1v) is 7.29. The summed E-state index contributed by atoms with van der Waals surface area (Å²) in [5, 5.41) is 11.4. The van der Waals surface area contributed by atoms with Gasteiger partial charge in [0.05, 0.1) is 11.6 Å². The Labute approximate surface area is 109 Å². The van der Waals surface area contributed by atoms with Gasteiger partial charge in [0.2, 0.25) is 5.91 Å². The molecule has 1 N–H and O–H groups in total. The van der Waals surface area contributed by atoms with Crippen molar-refractivity contribution in [2.24, 2.45) is 0 Å². The number of unbranched alkanes of at least 4 members (excludes halogenated alkanes) is 1. The second kappa shape index (κ2) is 7.62. The Morgan fingerprint density at radius 3 is 2.94 bits per heavy atom. The van der Waals surface area contributed by atoms with Crippen LogP contribution in [0.1, 0.15) is 25.3 Å². The lowest BCUT2D eigenvalue weighted by Gasteiger charge is -2.05. The molecule has 1 atom stereocenters. The molecule has 0 saturated heterocycles. The van der Waals surface area contributed by atoms with Gasteiger partial charge in [-0.15, -0.1) is 0 Å². The third-order valence-corrected chi connectivity index (χ3v) is 3.62. The van der Waals surface area contributed by atoms with Crippen molar-refractivity contribution in [1.82, 2.24) is 0 Å². The lowest BCUT2D eigenvalue weighted by atomic mass is 10.2. The first kappa shape index (κ1) is 14.4. The van der Waals surface area contributed by atoms with Crippen molar-refractivity contribution in [1.29, 1.82) is 5.26 Å². The lowest BCUT2D eigenvalue weighted by molar-refractivity contribution is -0.113. The van der Waals surface area contributed by atoms with Gasteiger partial charge in [-0.25, -0.2) is 0 Å². The van der Waals surface area contributed by atoms with E-state index in [1.54, 1.807) is 24.3 Å². The topological polar surface area (TPSA) is 70.0 Å². The van der Waals surface area contributed by atoms with E-state index in [1.807, 2.05) is 13.0 Å². The number of rotatable bonds is 6. The summed E-state index contributed by atoms with van der Waals surface area (Å²) >= 11 is 0. The van der Waals surface area contributed by atoms with Crippen LogP contribution in [0.5, 0.6) is 0 Å². The van der Waals surface area contributed by atoms with E-state index in [1.165, 1.54) is 0 Å². The number of nitriles is 1. The van der Waals surface area contributed by atoms with Crippen molar-refractivity contribution >= 4 is 22.4 Å². The summed E-state index contributed by atoms with van der Waals surface area (Å²) in [6.45, 7) is 2.02. The molecule has 0 aliphatic heterocycles. The van der Waals surface area contributed by atoms with Gasteiger partial charge in [-0.3, -0.25) is 9.00 Å². The summed E-state index contributed by atoms with van der Waals surface area (Å²) in [7, 11) is -1.11. The van der Waals surface area contributed by atoms with Crippen molar-refractivity contribution in [2.75, 3.05) is 16.8 Å². The Bertz CT molecular complexity index is 480. The van der Waals surface area contributed by atoms with Crippen LogP contribution in [0, 0.1) is 11.3 Å². The fraction of sp³-hybridized carbons (Fsp3) is 0.385. The Balaban J connectivity index is 2.49. The minimum absolute atomic E-state index is 0.0107. The molecule has 0 aliphatic rings. The minimum Gasteiger partial charge on any atom is -0.325 e. The smallest absolute Gasteiger partial charge is 0.236 e. The van der Waals surface area contributed by atoms with Crippen molar-refractivity contribution < 1.29 is 9.00 Å². The maximum atomic E-state index is 11.6. The van der Waals surface area contributed by atoms with E-state index >= 15 is 0 Å². The molecule has 0 saturated carbocycles. The van der Waals surface area contributed by atoms with Gasteiger partial charge < -0.3 is 5.32 Å². The first-order valence-electron chi connectivity index (χ1n) is 5.80. The van der Waals surface area contributed by atoms with Crippen LogP contribution in [0.15, 0.2) is 24.3 Å². The average molecular weight is 264 g/mol. The molecule has 96 valence electrons. The molecule has 4 nitrogen and oxygen atoms in total. The Morgan fingerprint density at radius 1 is 1.50 bits per heavy atom. The standard InChI is InChI=1S/C13H16N2O2S/c1-2-3-7-18(17)10-13(16)15-12-6-4-5-11(8-12)9-14/h4-6,8H,2-3,7,10H2,1H3,(H,15,16). The number of amides is 1. The third-order valence-electron chi connectivity index (χ3n) is 2.29. The fourth-order valence-corrected chi connectivity index (χ4v) is 2.51. The van der Waals surface area contributed by atoms with Crippen LogP contribution >= 0.6 is 0 Å². The number of hydrogen-bond acceptors (Lipinski definition) is 3. The lowest BCUT2D eigenvalue weighted by Crippen LogP contribution is -2.20. The first-order chi connectivity index (χ1) is 8.65. The second-order valence-electron chi connectivity index (χ2n) is 3.88. The normalized spacial score (nSPS) is 11.6. The van der Waals surface area contributed by atoms with Gasteiger partial charge in [-0.05, 0) is 24.6 Å². The van der Waals surface area contributed by atoms with Gasteiger partial charge in [-0.1, -0.05) is 19.4 Å². The largest absolute Gasteiger partial charge is 0.325 e. The monoisotopic (exact) mass is 264 g/mol. The van der Waals surface area contributed by atoms with Crippen LogP contribution in [0.4, 0.5) is 5.69 Å². The van der Waals surface area contributed by atoms with Crippen LogP contribution in [0.25, 0.3) is 0 Å². The van der Waals surface area contributed by atoms with E-state index in [9.17, 15) is 9.00 Å². The highest BCUT2D eigenvalue weighted by Gasteiger charge is 2.08. The summed E-state index contributed by atoms with van der Waals surface area (Å²) in [5.74, 6) is 0.290. The second-order valence-corrected chi connectivity index (χ2v) is 5.46. The molecular weight excluding hydrogens is 248 g/mol. The number of carbonyl (C=O) groups is 1. The summed E-state index contributed by atoms with van der Waals surface area (Å²) < 4.78 is 11.5. The van der Waals surface area contributed by atoms with Gasteiger partial charge >= 0.3 is 0 Å². The highest BCUT2D eigenvalue weighted by Crippen LogP contribution is 2.09. The maximum Gasteiger partial charge on any atom is 0.236 e. The summed E-state index contributed by atoms with van der Waals surface area (Å²) in [5.41, 5.74) is 1.05. The van der Waals surface area contributed by atoms with Gasteiger partial charge in [-0.2, -0.15) is 5.26 Å². The maximum absolute atomic E-state index is 11.6. The molecule has 0 bridgehead atoms. The van der Waals surface area contributed by atoms with Crippen LogP contribution in [0.2, 0.25) is 0 Å². The number of hydrogen-bond donors (Lipinski definition) is 1. The average Bonchev–Trinajstić information content (AvgIpc) is 2.36. The molecule has 0 aromatic heterocycles. The highest BCUT2D eigenvalue weighted by atomic mass is 32.2. The van der Waals surface area contributed by atoms with Crippen molar-refractivity contribution in [3.8, 4) is 6.07 Å². The molecule has 1 unspecified atom stereocenters. The van der Waals surface area contributed by atoms with E-state index < -0.39 is 10.8 Å². The molecule has 1 aromatic rings. The summed E-state index contributed by atoms with van der Waals surface area (Å²) in [4.78, 5) is 11.6. The molecule has 0 heterocycles. The molecule has 0 aliphatic carbocycles. The molecule has 1 aromatic carbocycles. The third kappa shape index (κ3) is 5.11.